The molecular formula is C20H13F3N2O. The van der Waals surface area contributed by atoms with Crippen LogP contribution in [0, 0.1) is 0 Å². The van der Waals surface area contributed by atoms with E-state index in [9.17, 15) is 18.0 Å². The molecule has 0 aliphatic heterocycles. The zero-order valence-corrected chi connectivity index (χ0v) is 13.4. The van der Waals surface area contributed by atoms with Crippen molar-refractivity contribution in [2.75, 3.05) is 0 Å². The fourth-order valence-electron chi connectivity index (χ4n) is 2.43. The molecule has 6 heteroatoms. The number of azo groups is 1. The summed E-state index contributed by atoms with van der Waals surface area (Å²) in [6, 6.07) is 19.7. The molecule has 0 heterocycles. The molecule has 0 bridgehead atoms. The zero-order chi connectivity index (χ0) is 18.6. The minimum atomic E-state index is -4.62. The number of halogens is 3. The van der Waals surface area contributed by atoms with Crippen LogP contribution >= 0.6 is 0 Å². The normalized spacial score (nSPS) is 11.7. The molecule has 0 unspecified atom stereocenters. The zero-order valence-electron chi connectivity index (χ0n) is 13.4. The van der Waals surface area contributed by atoms with Crippen molar-refractivity contribution < 1.29 is 18.0 Å². The molecule has 0 atom stereocenters. The highest BCUT2D eigenvalue weighted by Crippen LogP contribution is 2.34. The molecule has 0 saturated carbocycles. The van der Waals surface area contributed by atoms with Crippen LogP contribution in [0.15, 0.2) is 89.1 Å². The Labute approximate surface area is 147 Å². The van der Waals surface area contributed by atoms with Gasteiger partial charge >= 0.3 is 6.18 Å². The first-order chi connectivity index (χ1) is 12.5. The first kappa shape index (κ1) is 17.5. The fourth-order valence-corrected chi connectivity index (χ4v) is 2.43. The Kier molecular flexibility index (Phi) is 4.93. The molecule has 3 aromatic carbocycles. The van der Waals surface area contributed by atoms with Crippen LogP contribution in [-0.2, 0) is 6.18 Å². The minimum absolute atomic E-state index is 0.0591. The topological polar surface area (TPSA) is 41.8 Å². The summed E-state index contributed by atoms with van der Waals surface area (Å²) in [5.74, 6) is -0.750. The summed E-state index contributed by atoms with van der Waals surface area (Å²) in [4.78, 5) is 12.7. The lowest BCUT2D eigenvalue weighted by atomic mass is 9.97. The van der Waals surface area contributed by atoms with Crippen LogP contribution < -0.4 is 0 Å². The smallest absolute Gasteiger partial charge is 0.289 e. The summed E-state index contributed by atoms with van der Waals surface area (Å²) in [5.41, 5.74) is -0.546. The van der Waals surface area contributed by atoms with Gasteiger partial charge in [-0.1, -0.05) is 48.5 Å². The fraction of sp³-hybridized carbons (Fsp3) is 0.0500. The van der Waals surface area contributed by atoms with Gasteiger partial charge < -0.3 is 0 Å². The molecule has 0 radical (unpaired) electrons. The van der Waals surface area contributed by atoms with Gasteiger partial charge in [0.15, 0.2) is 5.78 Å². The van der Waals surface area contributed by atoms with Crippen LogP contribution in [0.4, 0.5) is 24.5 Å². The van der Waals surface area contributed by atoms with Crippen molar-refractivity contribution in [3.63, 3.8) is 0 Å². The Hall–Kier alpha value is -3.28. The van der Waals surface area contributed by atoms with Gasteiger partial charge in [-0.15, -0.1) is 5.11 Å². The number of hydrogen-bond donors (Lipinski definition) is 0. The SMILES string of the molecule is O=C(c1ccccc1N=Nc1ccccc1)c1ccccc1C(F)(F)F. The highest BCUT2D eigenvalue weighted by atomic mass is 19.4. The lowest BCUT2D eigenvalue weighted by Crippen LogP contribution is -2.13. The summed E-state index contributed by atoms with van der Waals surface area (Å²) in [5, 5.41) is 8.07. The molecule has 0 spiro atoms. The second-order valence-electron chi connectivity index (χ2n) is 5.43. The van der Waals surface area contributed by atoms with E-state index in [2.05, 4.69) is 10.2 Å². The number of nitrogens with zero attached hydrogens (tertiary/aromatic N) is 2. The van der Waals surface area contributed by atoms with E-state index in [0.29, 0.717) is 5.69 Å². The molecule has 0 fully saturated rings. The van der Waals surface area contributed by atoms with Crippen molar-refractivity contribution in [3.05, 3.63) is 95.6 Å². The summed E-state index contributed by atoms with van der Waals surface area (Å²) >= 11 is 0. The largest absolute Gasteiger partial charge is 0.417 e. The van der Waals surface area contributed by atoms with Crippen molar-refractivity contribution >= 4 is 17.2 Å². The maximum atomic E-state index is 13.2. The molecule has 3 rings (SSSR count). The van der Waals surface area contributed by atoms with Crippen LogP contribution in [0.5, 0.6) is 0 Å². The van der Waals surface area contributed by atoms with E-state index in [0.717, 1.165) is 12.1 Å². The van der Waals surface area contributed by atoms with E-state index in [4.69, 9.17) is 0 Å². The van der Waals surface area contributed by atoms with Crippen molar-refractivity contribution in [2.45, 2.75) is 6.18 Å². The molecule has 0 amide bonds. The molecule has 0 aliphatic carbocycles. The molecule has 0 aromatic heterocycles. The third-order valence-corrected chi connectivity index (χ3v) is 3.66. The summed E-state index contributed by atoms with van der Waals surface area (Å²) in [7, 11) is 0. The summed E-state index contributed by atoms with van der Waals surface area (Å²) < 4.78 is 39.6. The minimum Gasteiger partial charge on any atom is -0.289 e. The number of hydrogen-bond acceptors (Lipinski definition) is 3. The molecular weight excluding hydrogens is 341 g/mol. The van der Waals surface area contributed by atoms with Gasteiger partial charge in [-0.2, -0.15) is 18.3 Å². The molecule has 0 saturated heterocycles. The quantitative estimate of drug-likeness (QED) is 0.397. The predicted molar refractivity (Wildman–Crippen MR) is 91.9 cm³/mol. The van der Waals surface area contributed by atoms with Gasteiger partial charge in [-0.25, -0.2) is 0 Å². The molecule has 0 N–H and O–H groups in total. The van der Waals surface area contributed by atoms with Crippen molar-refractivity contribution in [1.29, 1.82) is 0 Å². The van der Waals surface area contributed by atoms with Crippen LogP contribution in [0.25, 0.3) is 0 Å². The van der Waals surface area contributed by atoms with Crippen LogP contribution in [0.1, 0.15) is 21.5 Å². The number of carbonyl (C=O) groups excluding carboxylic acids is 1. The molecule has 130 valence electrons. The third-order valence-electron chi connectivity index (χ3n) is 3.66. The number of alkyl halides is 3. The summed E-state index contributed by atoms with van der Waals surface area (Å²) in [6.45, 7) is 0. The molecule has 0 aliphatic rings. The lowest BCUT2D eigenvalue weighted by Gasteiger charge is -2.12. The van der Waals surface area contributed by atoms with Gasteiger partial charge in [-0.05, 0) is 30.3 Å². The van der Waals surface area contributed by atoms with Crippen LogP contribution in [0.2, 0.25) is 0 Å². The predicted octanol–water partition coefficient (Wildman–Crippen LogP) is 6.35. The van der Waals surface area contributed by atoms with Gasteiger partial charge in [0.2, 0.25) is 0 Å². The highest BCUT2D eigenvalue weighted by Gasteiger charge is 2.35. The Bertz CT molecular complexity index is 951. The number of ketones is 1. The van der Waals surface area contributed by atoms with E-state index in [1.54, 1.807) is 36.4 Å². The number of benzene rings is 3. The van der Waals surface area contributed by atoms with Crippen LogP contribution in [0.3, 0.4) is 0 Å². The Morgan fingerprint density at radius 1 is 0.692 bits per heavy atom. The average molecular weight is 354 g/mol. The van der Waals surface area contributed by atoms with Crippen molar-refractivity contribution in [1.82, 2.24) is 0 Å². The number of rotatable bonds is 4. The van der Waals surface area contributed by atoms with Gasteiger partial charge in [0.05, 0.1) is 22.5 Å². The van der Waals surface area contributed by atoms with Gasteiger partial charge in [-0.3, -0.25) is 4.79 Å². The number of carbonyl (C=O) groups is 1. The van der Waals surface area contributed by atoms with Gasteiger partial charge in [0, 0.05) is 5.56 Å². The van der Waals surface area contributed by atoms with E-state index in [1.165, 1.54) is 24.3 Å². The van der Waals surface area contributed by atoms with Crippen molar-refractivity contribution in [2.24, 2.45) is 10.2 Å². The van der Waals surface area contributed by atoms with E-state index < -0.39 is 23.1 Å². The van der Waals surface area contributed by atoms with Crippen molar-refractivity contribution in [3.8, 4) is 0 Å². The first-order valence-electron chi connectivity index (χ1n) is 7.73. The van der Waals surface area contributed by atoms with E-state index in [-0.39, 0.29) is 11.3 Å². The Balaban J connectivity index is 2.01. The Morgan fingerprint density at radius 3 is 1.96 bits per heavy atom. The monoisotopic (exact) mass is 354 g/mol. The second kappa shape index (κ2) is 7.31. The van der Waals surface area contributed by atoms with E-state index >= 15 is 0 Å². The standard InChI is InChI=1S/C20H13F3N2O/c21-20(22,23)17-12-6-4-10-15(17)19(26)16-11-5-7-13-18(16)25-24-14-8-2-1-3-9-14/h1-13H. The Morgan fingerprint density at radius 2 is 1.27 bits per heavy atom. The highest BCUT2D eigenvalue weighted by molar-refractivity contribution is 6.12. The maximum Gasteiger partial charge on any atom is 0.417 e. The second-order valence-corrected chi connectivity index (χ2v) is 5.43. The van der Waals surface area contributed by atoms with Crippen LogP contribution in [-0.4, -0.2) is 5.78 Å². The molecule has 3 aromatic rings. The maximum absolute atomic E-state index is 13.2. The average Bonchev–Trinajstić information content (AvgIpc) is 2.66. The van der Waals surface area contributed by atoms with Gasteiger partial charge in [0.25, 0.3) is 0 Å². The summed E-state index contributed by atoms with van der Waals surface area (Å²) in [6.07, 6.45) is -4.62. The van der Waals surface area contributed by atoms with Gasteiger partial charge in [0.1, 0.15) is 0 Å². The molecule has 3 nitrogen and oxygen atoms in total. The molecule has 26 heavy (non-hydrogen) atoms. The lowest BCUT2D eigenvalue weighted by molar-refractivity contribution is -0.137. The first-order valence-corrected chi connectivity index (χ1v) is 7.73. The third kappa shape index (κ3) is 3.85. The van der Waals surface area contributed by atoms with E-state index in [1.807, 2.05) is 6.07 Å².